The quantitative estimate of drug-likeness (QED) is 0.470. The lowest BCUT2D eigenvalue weighted by atomic mass is 10.1. The zero-order chi connectivity index (χ0) is 13.8. The molecule has 0 aromatic heterocycles. The zero-order valence-corrected chi connectivity index (χ0v) is 11.9. The van der Waals surface area contributed by atoms with Crippen LogP contribution in [0.1, 0.15) is 11.1 Å². The van der Waals surface area contributed by atoms with E-state index in [-0.39, 0.29) is 5.69 Å². The van der Waals surface area contributed by atoms with Crippen LogP contribution in [-0.2, 0) is 5.33 Å². The predicted molar refractivity (Wildman–Crippen MR) is 77.0 cm³/mol. The molecule has 0 saturated heterocycles. The monoisotopic (exact) mass is 321 g/mol. The van der Waals surface area contributed by atoms with Gasteiger partial charge in [-0.25, -0.2) is 0 Å². The fourth-order valence-electron chi connectivity index (χ4n) is 1.68. The van der Waals surface area contributed by atoms with Gasteiger partial charge in [0.05, 0.1) is 11.0 Å². The third kappa shape index (κ3) is 3.32. The first kappa shape index (κ1) is 13.5. The molecule has 0 atom stereocenters. The standard InChI is InChI=1S/C14H12BrNO3/c1-10-7-14(6-5-11(10)9-15)19-13-4-2-3-12(8-13)16(17)18/h2-8H,9H2,1H3. The molecule has 0 bridgehead atoms. The number of rotatable bonds is 4. The summed E-state index contributed by atoms with van der Waals surface area (Å²) >= 11 is 3.41. The molecule has 0 radical (unpaired) electrons. The number of non-ortho nitro benzene ring substituents is 1. The van der Waals surface area contributed by atoms with Crippen molar-refractivity contribution >= 4 is 21.6 Å². The Morgan fingerprint density at radius 3 is 2.58 bits per heavy atom. The van der Waals surface area contributed by atoms with Crippen LogP contribution in [0.5, 0.6) is 11.5 Å². The smallest absolute Gasteiger partial charge is 0.273 e. The molecule has 2 rings (SSSR count). The van der Waals surface area contributed by atoms with Crippen molar-refractivity contribution < 1.29 is 9.66 Å². The first-order valence-electron chi connectivity index (χ1n) is 5.68. The number of nitrogens with zero attached hydrogens (tertiary/aromatic N) is 1. The van der Waals surface area contributed by atoms with E-state index in [1.165, 1.54) is 17.7 Å². The van der Waals surface area contributed by atoms with Gasteiger partial charge in [0.15, 0.2) is 0 Å². The number of hydrogen-bond acceptors (Lipinski definition) is 3. The Morgan fingerprint density at radius 2 is 1.95 bits per heavy atom. The van der Waals surface area contributed by atoms with Crippen LogP contribution in [0.3, 0.4) is 0 Å². The van der Waals surface area contributed by atoms with Crippen molar-refractivity contribution in [2.75, 3.05) is 0 Å². The van der Waals surface area contributed by atoms with Crippen LogP contribution in [-0.4, -0.2) is 4.92 Å². The molecule has 98 valence electrons. The van der Waals surface area contributed by atoms with Crippen LogP contribution < -0.4 is 4.74 Å². The van der Waals surface area contributed by atoms with Crippen molar-refractivity contribution in [3.05, 3.63) is 63.7 Å². The fraction of sp³-hybridized carbons (Fsp3) is 0.143. The maximum absolute atomic E-state index is 10.7. The van der Waals surface area contributed by atoms with Crippen molar-refractivity contribution in [3.8, 4) is 11.5 Å². The summed E-state index contributed by atoms with van der Waals surface area (Å²) in [5, 5.41) is 11.5. The van der Waals surface area contributed by atoms with Gasteiger partial charge < -0.3 is 4.74 Å². The van der Waals surface area contributed by atoms with Gasteiger partial charge in [0, 0.05) is 11.4 Å². The van der Waals surface area contributed by atoms with Crippen molar-refractivity contribution in [2.45, 2.75) is 12.3 Å². The molecule has 0 amide bonds. The topological polar surface area (TPSA) is 52.4 Å². The van der Waals surface area contributed by atoms with E-state index in [1.54, 1.807) is 12.1 Å². The van der Waals surface area contributed by atoms with Gasteiger partial charge in [-0.15, -0.1) is 0 Å². The van der Waals surface area contributed by atoms with E-state index >= 15 is 0 Å². The predicted octanol–water partition coefficient (Wildman–Crippen LogP) is 4.59. The molecular formula is C14H12BrNO3. The number of nitro groups is 1. The van der Waals surface area contributed by atoms with Crippen LogP contribution in [0.15, 0.2) is 42.5 Å². The molecule has 0 aliphatic rings. The molecule has 0 fully saturated rings. The molecule has 0 saturated carbocycles. The van der Waals surface area contributed by atoms with Crippen molar-refractivity contribution in [1.82, 2.24) is 0 Å². The Labute approximate surface area is 119 Å². The molecular weight excluding hydrogens is 310 g/mol. The molecule has 2 aromatic carbocycles. The van der Waals surface area contributed by atoms with Crippen molar-refractivity contribution in [2.24, 2.45) is 0 Å². The van der Waals surface area contributed by atoms with Crippen LogP contribution in [0, 0.1) is 17.0 Å². The van der Waals surface area contributed by atoms with Crippen LogP contribution in [0.4, 0.5) is 5.69 Å². The normalized spacial score (nSPS) is 10.2. The summed E-state index contributed by atoms with van der Waals surface area (Å²) in [5.74, 6) is 1.13. The largest absolute Gasteiger partial charge is 0.457 e. The van der Waals surface area contributed by atoms with E-state index in [0.29, 0.717) is 11.5 Å². The third-order valence-corrected chi connectivity index (χ3v) is 3.33. The Kier molecular flexibility index (Phi) is 4.16. The lowest BCUT2D eigenvalue weighted by Gasteiger charge is -2.08. The second-order valence-electron chi connectivity index (χ2n) is 4.08. The Bertz CT molecular complexity index is 613. The summed E-state index contributed by atoms with van der Waals surface area (Å²) in [4.78, 5) is 10.2. The highest BCUT2D eigenvalue weighted by atomic mass is 79.9. The number of alkyl halides is 1. The highest BCUT2D eigenvalue weighted by Gasteiger charge is 2.07. The number of hydrogen-bond donors (Lipinski definition) is 0. The second-order valence-corrected chi connectivity index (χ2v) is 4.64. The molecule has 19 heavy (non-hydrogen) atoms. The molecule has 0 aliphatic carbocycles. The van der Waals surface area contributed by atoms with Crippen LogP contribution >= 0.6 is 15.9 Å². The Hall–Kier alpha value is -1.88. The SMILES string of the molecule is Cc1cc(Oc2cccc([N+](=O)[O-])c2)ccc1CBr. The molecule has 5 heteroatoms. The number of halogens is 1. The summed E-state index contributed by atoms with van der Waals surface area (Å²) in [5.41, 5.74) is 2.32. The van der Waals surface area contributed by atoms with Gasteiger partial charge in [0.2, 0.25) is 0 Å². The average molecular weight is 322 g/mol. The van der Waals surface area contributed by atoms with Crippen molar-refractivity contribution in [3.63, 3.8) is 0 Å². The summed E-state index contributed by atoms with van der Waals surface area (Å²) in [6.07, 6.45) is 0. The molecule has 0 N–H and O–H groups in total. The first-order chi connectivity index (χ1) is 9.10. The first-order valence-corrected chi connectivity index (χ1v) is 6.80. The molecule has 0 spiro atoms. The highest BCUT2D eigenvalue weighted by Crippen LogP contribution is 2.27. The lowest BCUT2D eigenvalue weighted by Crippen LogP contribution is -1.91. The van der Waals surface area contributed by atoms with Gasteiger partial charge in [0.25, 0.3) is 5.69 Å². The fourth-order valence-corrected chi connectivity index (χ4v) is 2.31. The molecule has 4 nitrogen and oxygen atoms in total. The highest BCUT2D eigenvalue weighted by molar-refractivity contribution is 9.08. The molecule has 0 heterocycles. The van der Waals surface area contributed by atoms with Crippen LogP contribution in [0.25, 0.3) is 0 Å². The maximum atomic E-state index is 10.7. The van der Waals surface area contributed by atoms with Gasteiger partial charge in [0.1, 0.15) is 11.5 Å². The minimum atomic E-state index is -0.438. The van der Waals surface area contributed by atoms with E-state index in [0.717, 1.165) is 10.9 Å². The van der Waals surface area contributed by atoms with Gasteiger partial charge in [-0.2, -0.15) is 0 Å². The van der Waals surface area contributed by atoms with Crippen molar-refractivity contribution in [1.29, 1.82) is 0 Å². The van der Waals surface area contributed by atoms with E-state index in [2.05, 4.69) is 15.9 Å². The summed E-state index contributed by atoms with van der Waals surface area (Å²) in [7, 11) is 0. The number of nitro benzene ring substituents is 1. The van der Waals surface area contributed by atoms with E-state index in [4.69, 9.17) is 4.74 Å². The Balaban J connectivity index is 2.23. The maximum Gasteiger partial charge on any atom is 0.273 e. The number of benzene rings is 2. The second kappa shape index (κ2) is 5.84. The third-order valence-electron chi connectivity index (χ3n) is 2.72. The van der Waals surface area contributed by atoms with E-state index in [9.17, 15) is 10.1 Å². The van der Waals surface area contributed by atoms with Gasteiger partial charge in [-0.3, -0.25) is 10.1 Å². The van der Waals surface area contributed by atoms with Gasteiger partial charge >= 0.3 is 0 Å². The van der Waals surface area contributed by atoms with E-state index in [1.807, 2.05) is 25.1 Å². The van der Waals surface area contributed by atoms with Crippen LogP contribution in [0.2, 0.25) is 0 Å². The summed E-state index contributed by atoms with van der Waals surface area (Å²) in [6.45, 7) is 2.00. The lowest BCUT2D eigenvalue weighted by molar-refractivity contribution is -0.384. The molecule has 0 unspecified atom stereocenters. The number of aryl methyl sites for hydroxylation is 1. The molecule has 2 aromatic rings. The number of ether oxygens (including phenoxy) is 1. The Morgan fingerprint density at radius 1 is 1.21 bits per heavy atom. The minimum Gasteiger partial charge on any atom is -0.457 e. The average Bonchev–Trinajstić information content (AvgIpc) is 2.39. The van der Waals surface area contributed by atoms with Gasteiger partial charge in [-0.05, 0) is 36.2 Å². The minimum absolute atomic E-state index is 0.0197. The summed E-state index contributed by atoms with van der Waals surface area (Å²) in [6, 6.07) is 11.9. The summed E-state index contributed by atoms with van der Waals surface area (Å²) < 4.78 is 5.63. The van der Waals surface area contributed by atoms with Gasteiger partial charge in [-0.1, -0.05) is 28.1 Å². The zero-order valence-electron chi connectivity index (χ0n) is 10.3. The molecule has 0 aliphatic heterocycles. The van der Waals surface area contributed by atoms with E-state index < -0.39 is 4.92 Å².